The highest BCUT2D eigenvalue weighted by Crippen LogP contribution is 2.45. The molecule has 0 amide bonds. The second-order valence-electron chi connectivity index (χ2n) is 23.5. The number of aromatic nitrogens is 3. The van der Waals surface area contributed by atoms with Crippen molar-refractivity contribution < 1.29 is 0 Å². The molecule has 0 atom stereocenters. The molecular weight excluding hydrogens is 993 g/mol. The summed E-state index contributed by atoms with van der Waals surface area (Å²) in [4.78, 5) is 5.48. The van der Waals surface area contributed by atoms with Gasteiger partial charge in [0.05, 0.1) is 44.8 Å². The molecule has 3 heterocycles. The topological polar surface area (TPSA) is 46.5 Å². The summed E-state index contributed by atoms with van der Waals surface area (Å²) in [7, 11) is 0. The maximum Gasteiger partial charge on any atom is 0.104 e. The minimum atomic E-state index is 0.558. The second kappa shape index (κ2) is 19.9. The van der Waals surface area contributed by atoms with Crippen LogP contribution in [-0.4, -0.2) is 14.1 Å². The molecule has 4 heteroatoms. The van der Waals surface area contributed by atoms with E-state index >= 15 is 0 Å². The van der Waals surface area contributed by atoms with E-state index in [2.05, 4.69) is 274 Å². The van der Waals surface area contributed by atoms with Gasteiger partial charge in [0.15, 0.2) is 0 Å². The summed E-state index contributed by atoms with van der Waals surface area (Å²) in [6.07, 6.45) is 0. The predicted molar refractivity (Wildman–Crippen MR) is 347 cm³/mol. The highest BCUT2D eigenvalue weighted by atomic mass is 15.0. The van der Waals surface area contributed by atoms with Crippen molar-refractivity contribution >= 4 is 43.6 Å². The van der Waals surface area contributed by atoms with Crippen molar-refractivity contribution in [2.75, 3.05) is 0 Å². The number of pyridine rings is 1. The van der Waals surface area contributed by atoms with Crippen LogP contribution in [0.4, 0.5) is 0 Å². The summed E-state index contributed by atoms with van der Waals surface area (Å²) < 4.78 is 4.79. The molecule has 13 rings (SSSR count). The van der Waals surface area contributed by atoms with Gasteiger partial charge < -0.3 is 9.13 Å². The minimum absolute atomic E-state index is 0.558. The Labute approximate surface area is 482 Å². The molecular formula is C78H66N4. The molecule has 0 bridgehead atoms. The standard InChI is InChI=1S/C78H66N4/c1-44-29-48(5)75(49(6)30-44)57-21-25-62-63-26-22-58(76-50(7)31-45(2)32-51(76)8)38-70(63)81(69(62)37-57)73-41-61(68-20-16-19-67(80-68)56-17-14-13-15-18-56)42-74(66(73)43-79)82-71-39-59(77-52(9)33-46(3)34-53(77)10)23-27-64(71)65-28-24-60(40-72(65)82)78-54(11)35-47(4)36-55(78)12/h13-42H,1-12H3. The van der Waals surface area contributed by atoms with Crippen molar-refractivity contribution in [3.63, 3.8) is 0 Å². The summed E-state index contributed by atoms with van der Waals surface area (Å²) in [5.41, 5.74) is 34.1. The first-order chi connectivity index (χ1) is 39.5. The fraction of sp³-hybridized carbons (Fsp3) is 0.154. The van der Waals surface area contributed by atoms with E-state index in [9.17, 15) is 5.26 Å². The fourth-order valence-corrected chi connectivity index (χ4v) is 14.3. The van der Waals surface area contributed by atoms with Gasteiger partial charge in [-0.2, -0.15) is 5.26 Å². The maximum atomic E-state index is 12.4. The highest BCUT2D eigenvalue weighted by Gasteiger charge is 2.26. The van der Waals surface area contributed by atoms with E-state index in [0.717, 1.165) is 99.8 Å². The van der Waals surface area contributed by atoms with Crippen LogP contribution in [0, 0.1) is 94.4 Å². The summed E-state index contributed by atoms with van der Waals surface area (Å²) in [5, 5.41) is 16.8. The van der Waals surface area contributed by atoms with E-state index in [1.807, 2.05) is 6.07 Å². The van der Waals surface area contributed by atoms with Gasteiger partial charge in [-0.05, 0) is 221 Å². The average Bonchev–Trinajstić information content (AvgIpc) is 2.32. The lowest BCUT2D eigenvalue weighted by Crippen LogP contribution is -2.06. The molecule has 0 spiro atoms. The third kappa shape index (κ3) is 8.63. The number of rotatable bonds is 8. The van der Waals surface area contributed by atoms with Crippen molar-refractivity contribution in [1.29, 1.82) is 5.26 Å². The van der Waals surface area contributed by atoms with Crippen LogP contribution >= 0.6 is 0 Å². The molecule has 0 aliphatic rings. The predicted octanol–water partition coefficient (Wildman–Crippen LogP) is 20.9. The first-order valence-corrected chi connectivity index (χ1v) is 28.6. The monoisotopic (exact) mass is 1060 g/mol. The minimum Gasteiger partial charge on any atom is -0.308 e. The molecule has 82 heavy (non-hydrogen) atoms. The summed E-state index contributed by atoms with van der Waals surface area (Å²) in [6, 6.07) is 70.2. The van der Waals surface area contributed by atoms with E-state index in [1.54, 1.807) is 0 Å². The van der Waals surface area contributed by atoms with E-state index in [4.69, 9.17) is 4.98 Å². The molecule has 0 aliphatic heterocycles. The van der Waals surface area contributed by atoms with Gasteiger partial charge in [0.2, 0.25) is 0 Å². The Morgan fingerprint density at radius 2 is 0.585 bits per heavy atom. The van der Waals surface area contributed by atoms with E-state index < -0.39 is 0 Å². The Hall–Kier alpha value is -9.56. The van der Waals surface area contributed by atoms with Gasteiger partial charge in [0.25, 0.3) is 0 Å². The Balaban J connectivity index is 1.20. The molecule has 398 valence electrons. The molecule has 0 unspecified atom stereocenters. The molecule has 10 aromatic carbocycles. The van der Waals surface area contributed by atoms with Gasteiger partial charge in [0.1, 0.15) is 11.6 Å². The second-order valence-corrected chi connectivity index (χ2v) is 23.5. The van der Waals surface area contributed by atoms with Crippen molar-refractivity contribution in [3.8, 4) is 84.5 Å². The summed E-state index contributed by atoms with van der Waals surface area (Å²) in [5.74, 6) is 0. The number of aryl methyl sites for hydroxylation is 12. The van der Waals surface area contributed by atoms with Crippen LogP contribution in [0.3, 0.4) is 0 Å². The molecule has 0 radical (unpaired) electrons. The Morgan fingerprint density at radius 1 is 0.293 bits per heavy atom. The van der Waals surface area contributed by atoms with Gasteiger partial charge in [-0.25, -0.2) is 4.98 Å². The lowest BCUT2D eigenvalue weighted by Gasteiger charge is -2.20. The van der Waals surface area contributed by atoms with Gasteiger partial charge >= 0.3 is 0 Å². The summed E-state index contributed by atoms with van der Waals surface area (Å²) in [6.45, 7) is 26.5. The number of benzene rings is 10. The first kappa shape index (κ1) is 51.9. The third-order valence-corrected chi connectivity index (χ3v) is 17.2. The molecule has 4 nitrogen and oxygen atoms in total. The number of hydrogen-bond donors (Lipinski definition) is 0. The van der Waals surface area contributed by atoms with E-state index in [1.165, 1.54) is 89.0 Å². The van der Waals surface area contributed by atoms with Crippen LogP contribution in [0.5, 0.6) is 0 Å². The molecule has 3 aromatic heterocycles. The molecule has 0 saturated carbocycles. The van der Waals surface area contributed by atoms with E-state index in [-0.39, 0.29) is 0 Å². The lowest BCUT2D eigenvalue weighted by atomic mass is 9.92. The quantitative estimate of drug-likeness (QED) is 0.152. The number of nitrogens with zero attached hydrogens (tertiary/aromatic N) is 4. The zero-order valence-corrected chi connectivity index (χ0v) is 49.1. The van der Waals surface area contributed by atoms with Crippen LogP contribution in [0.15, 0.2) is 182 Å². The number of hydrogen-bond acceptors (Lipinski definition) is 2. The Kier molecular flexibility index (Phi) is 12.6. The maximum absolute atomic E-state index is 12.4. The largest absolute Gasteiger partial charge is 0.308 e. The molecule has 0 saturated heterocycles. The Bertz CT molecular complexity index is 4300. The van der Waals surface area contributed by atoms with Gasteiger partial charge in [0, 0.05) is 32.7 Å². The molecule has 0 N–H and O–H groups in total. The molecule has 13 aromatic rings. The van der Waals surface area contributed by atoms with Crippen molar-refractivity contribution in [3.05, 3.63) is 254 Å². The third-order valence-electron chi connectivity index (χ3n) is 17.2. The van der Waals surface area contributed by atoms with Crippen molar-refractivity contribution in [2.24, 2.45) is 0 Å². The zero-order chi connectivity index (χ0) is 57.0. The van der Waals surface area contributed by atoms with Gasteiger partial charge in [-0.1, -0.05) is 156 Å². The average molecular weight is 1060 g/mol. The molecule has 0 fully saturated rings. The zero-order valence-electron chi connectivity index (χ0n) is 49.1. The van der Waals surface area contributed by atoms with Crippen LogP contribution < -0.4 is 0 Å². The summed E-state index contributed by atoms with van der Waals surface area (Å²) >= 11 is 0. The van der Waals surface area contributed by atoms with Crippen LogP contribution in [0.25, 0.3) is 122 Å². The van der Waals surface area contributed by atoms with Crippen molar-refractivity contribution in [1.82, 2.24) is 14.1 Å². The fourth-order valence-electron chi connectivity index (χ4n) is 14.3. The highest BCUT2D eigenvalue weighted by molar-refractivity contribution is 6.14. The van der Waals surface area contributed by atoms with Crippen molar-refractivity contribution in [2.45, 2.75) is 83.1 Å². The first-order valence-electron chi connectivity index (χ1n) is 28.6. The smallest absolute Gasteiger partial charge is 0.104 e. The number of fused-ring (bicyclic) bond motifs is 6. The molecule has 0 aliphatic carbocycles. The lowest BCUT2D eigenvalue weighted by molar-refractivity contribution is 1.12. The van der Waals surface area contributed by atoms with E-state index in [0.29, 0.717) is 5.56 Å². The van der Waals surface area contributed by atoms with Gasteiger partial charge in [-0.15, -0.1) is 0 Å². The SMILES string of the molecule is Cc1cc(C)c(-c2ccc3c4ccc(-c5c(C)cc(C)cc5C)cc4n(-c4cc(-c5cccc(-c6ccccc6)n5)cc(-n5c6cc(-c7c(C)cc(C)cc7C)ccc6c6ccc(-c7c(C)cc(C)cc7C)cc65)c4C#N)c3c2)c(C)c1. The van der Waals surface area contributed by atoms with Crippen LogP contribution in [0.1, 0.15) is 72.3 Å². The van der Waals surface area contributed by atoms with Gasteiger partial charge in [-0.3, -0.25) is 0 Å². The van der Waals surface area contributed by atoms with Crippen LogP contribution in [0.2, 0.25) is 0 Å². The number of nitriles is 1. The normalized spacial score (nSPS) is 11.6. The van der Waals surface area contributed by atoms with Crippen LogP contribution in [-0.2, 0) is 0 Å². The Morgan fingerprint density at radius 3 is 0.878 bits per heavy atom.